The Morgan fingerprint density at radius 3 is 2.92 bits per heavy atom. The average molecular weight is 363 g/mol. The van der Waals surface area contributed by atoms with Crippen molar-refractivity contribution in [1.82, 2.24) is 14.5 Å². The van der Waals surface area contributed by atoms with E-state index in [0.29, 0.717) is 0 Å². The van der Waals surface area contributed by atoms with Crippen LogP contribution in [0.25, 0.3) is 16.4 Å². The van der Waals surface area contributed by atoms with Gasteiger partial charge in [0.1, 0.15) is 0 Å². The smallest absolute Gasteiger partial charge is 0.193 e. The maximum atomic E-state index is 5.35. The van der Waals surface area contributed by atoms with Crippen molar-refractivity contribution in [2.24, 2.45) is 0 Å². The number of hydrogen-bond acceptors (Lipinski definition) is 6. The fourth-order valence-corrected chi connectivity index (χ4v) is 4.13. The summed E-state index contributed by atoms with van der Waals surface area (Å²) < 4.78 is 7.54. The molecule has 0 spiro atoms. The number of nitrogens with one attached hydrogen (secondary N) is 1. The van der Waals surface area contributed by atoms with E-state index in [1.54, 1.807) is 22.7 Å². The van der Waals surface area contributed by atoms with Crippen LogP contribution in [0.5, 0.6) is 0 Å². The van der Waals surface area contributed by atoms with Gasteiger partial charge in [-0.1, -0.05) is 0 Å². The van der Waals surface area contributed by atoms with E-state index in [-0.39, 0.29) is 0 Å². The molecule has 24 heavy (non-hydrogen) atoms. The second-order valence-corrected chi connectivity index (χ2v) is 7.18. The van der Waals surface area contributed by atoms with Crippen LogP contribution >= 0.6 is 22.7 Å². The van der Waals surface area contributed by atoms with Crippen molar-refractivity contribution in [3.05, 3.63) is 34.4 Å². The minimum Gasteiger partial charge on any atom is -0.382 e. The molecule has 3 heterocycles. The molecule has 0 aromatic carbocycles. The summed E-state index contributed by atoms with van der Waals surface area (Å²) in [6.07, 6.45) is 2.83. The van der Waals surface area contributed by atoms with Crippen LogP contribution in [0.1, 0.15) is 24.7 Å². The molecule has 0 radical (unpaired) electrons. The van der Waals surface area contributed by atoms with Crippen molar-refractivity contribution >= 4 is 27.8 Å². The molecule has 0 saturated carbocycles. The summed E-state index contributed by atoms with van der Waals surface area (Å²) in [7, 11) is 0. The first-order valence-electron chi connectivity index (χ1n) is 8.07. The molecule has 3 rings (SSSR count). The van der Waals surface area contributed by atoms with Crippen molar-refractivity contribution in [3.63, 3.8) is 0 Å². The van der Waals surface area contributed by atoms with Gasteiger partial charge in [-0.3, -0.25) is 4.57 Å². The molecule has 0 aliphatic heterocycles. The Kier molecular flexibility index (Phi) is 5.65. The van der Waals surface area contributed by atoms with Crippen molar-refractivity contribution in [2.45, 2.75) is 27.2 Å². The number of hydrogen-bond donors (Lipinski definition) is 1. The predicted molar refractivity (Wildman–Crippen MR) is 102 cm³/mol. The van der Waals surface area contributed by atoms with E-state index in [1.807, 2.05) is 18.5 Å². The molecule has 0 atom stereocenters. The first kappa shape index (κ1) is 17.1. The Bertz CT molecular complexity index is 777. The second-order valence-electron chi connectivity index (χ2n) is 5.45. The third-order valence-corrected chi connectivity index (χ3v) is 5.32. The molecule has 0 aliphatic rings. The van der Waals surface area contributed by atoms with Gasteiger partial charge in [-0.25, -0.2) is 9.97 Å². The third-order valence-electron chi connectivity index (χ3n) is 3.77. The van der Waals surface area contributed by atoms with Gasteiger partial charge in [0.25, 0.3) is 0 Å². The lowest BCUT2D eigenvalue weighted by Crippen LogP contribution is -2.05. The third kappa shape index (κ3) is 3.68. The van der Waals surface area contributed by atoms with E-state index in [0.717, 1.165) is 42.1 Å². The zero-order chi connectivity index (χ0) is 16.9. The minimum absolute atomic E-state index is 0.774. The number of aromatic nitrogens is 3. The molecule has 0 unspecified atom stereocenters. The van der Waals surface area contributed by atoms with Gasteiger partial charge in [0.15, 0.2) is 10.3 Å². The van der Waals surface area contributed by atoms with E-state index in [9.17, 15) is 0 Å². The zero-order valence-corrected chi connectivity index (χ0v) is 15.8. The highest BCUT2D eigenvalue weighted by Crippen LogP contribution is 2.32. The highest BCUT2D eigenvalue weighted by atomic mass is 32.1. The highest BCUT2D eigenvalue weighted by molar-refractivity contribution is 7.14. The molecular formula is C17H22N4OS2. The van der Waals surface area contributed by atoms with Gasteiger partial charge in [-0.2, -0.15) is 0 Å². The maximum Gasteiger partial charge on any atom is 0.193 e. The van der Waals surface area contributed by atoms with Crippen LogP contribution in [-0.2, 0) is 4.74 Å². The largest absolute Gasteiger partial charge is 0.382 e. The van der Waals surface area contributed by atoms with Crippen LogP contribution in [0.15, 0.2) is 23.0 Å². The highest BCUT2D eigenvalue weighted by Gasteiger charge is 2.15. The van der Waals surface area contributed by atoms with Crippen LogP contribution in [0, 0.1) is 13.8 Å². The van der Waals surface area contributed by atoms with Gasteiger partial charge >= 0.3 is 0 Å². The lowest BCUT2D eigenvalue weighted by molar-refractivity contribution is 0.147. The summed E-state index contributed by atoms with van der Waals surface area (Å²) in [5, 5.41) is 9.44. The van der Waals surface area contributed by atoms with Crippen molar-refractivity contribution in [1.29, 1.82) is 0 Å². The monoisotopic (exact) mass is 362 g/mol. The molecule has 7 heteroatoms. The van der Waals surface area contributed by atoms with E-state index < -0.39 is 0 Å². The molecule has 1 N–H and O–H groups in total. The molecule has 0 bridgehead atoms. The second kappa shape index (κ2) is 7.92. The Hall–Kier alpha value is -1.70. The topological polar surface area (TPSA) is 52.0 Å². The van der Waals surface area contributed by atoms with Gasteiger partial charge < -0.3 is 10.1 Å². The van der Waals surface area contributed by atoms with Gasteiger partial charge in [0, 0.05) is 53.7 Å². The van der Waals surface area contributed by atoms with Crippen LogP contribution in [0.3, 0.4) is 0 Å². The quantitative estimate of drug-likeness (QED) is 0.599. The molecule has 0 saturated heterocycles. The molecule has 128 valence electrons. The Labute approximate surface area is 150 Å². The number of anilines is 1. The molecule has 5 nitrogen and oxygen atoms in total. The van der Waals surface area contributed by atoms with Crippen LogP contribution in [0.2, 0.25) is 0 Å². The number of aryl methyl sites for hydroxylation is 1. The summed E-state index contributed by atoms with van der Waals surface area (Å²) in [5.74, 6) is 0. The molecular weight excluding hydrogens is 340 g/mol. The van der Waals surface area contributed by atoms with Gasteiger partial charge in [0.05, 0.1) is 5.69 Å². The lowest BCUT2D eigenvalue weighted by atomic mass is 10.2. The summed E-state index contributed by atoms with van der Waals surface area (Å²) >= 11 is 3.29. The van der Waals surface area contributed by atoms with Crippen LogP contribution in [0.4, 0.5) is 5.13 Å². The molecule has 0 amide bonds. The standard InChI is InChI=1S/C17H22N4OS2/c1-4-22-8-5-6-18-16-20-15(11-24-16)14-10-12(2)21(13(14)3)17-19-7-9-23-17/h7,9-11H,4-6,8H2,1-3H3,(H,18,20). The maximum absolute atomic E-state index is 5.35. The van der Waals surface area contributed by atoms with Gasteiger partial charge in [-0.15, -0.1) is 22.7 Å². The summed E-state index contributed by atoms with van der Waals surface area (Å²) in [6.45, 7) is 8.69. The average Bonchev–Trinajstić information content (AvgIpc) is 3.28. The van der Waals surface area contributed by atoms with E-state index in [2.05, 4.69) is 40.2 Å². The van der Waals surface area contributed by atoms with E-state index in [4.69, 9.17) is 9.72 Å². The summed E-state index contributed by atoms with van der Waals surface area (Å²) in [5.41, 5.74) is 4.54. The number of rotatable bonds is 8. The molecule has 3 aromatic rings. The fraction of sp³-hybridized carbons (Fsp3) is 0.412. The number of thiazole rings is 2. The molecule has 3 aromatic heterocycles. The number of nitrogens with zero attached hydrogens (tertiary/aromatic N) is 3. The van der Waals surface area contributed by atoms with Crippen molar-refractivity contribution in [3.8, 4) is 16.4 Å². The van der Waals surface area contributed by atoms with Crippen LogP contribution in [-0.4, -0.2) is 34.3 Å². The summed E-state index contributed by atoms with van der Waals surface area (Å²) in [6, 6.07) is 2.19. The predicted octanol–water partition coefficient (Wildman–Crippen LogP) is 4.51. The first-order chi connectivity index (χ1) is 11.7. The lowest BCUT2D eigenvalue weighted by Gasteiger charge is -2.05. The Balaban J connectivity index is 1.73. The minimum atomic E-state index is 0.774. The Morgan fingerprint density at radius 1 is 1.29 bits per heavy atom. The fourth-order valence-electron chi connectivity index (χ4n) is 2.64. The van der Waals surface area contributed by atoms with Crippen LogP contribution < -0.4 is 5.32 Å². The SMILES string of the molecule is CCOCCCNc1nc(-c2cc(C)n(-c3nccs3)c2C)cs1. The van der Waals surface area contributed by atoms with E-state index >= 15 is 0 Å². The number of ether oxygens (including phenoxy) is 1. The normalized spacial score (nSPS) is 11.1. The van der Waals surface area contributed by atoms with Gasteiger partial charge in [0.2, 0.25) is 0 Å². The summed E-state index contributed by atoms with van der Waals surface area (Å²) in [4.78, 5) is 9.16. The molecule has 0 fully saturated rings. The van der Waals surface area contributed by atoms with Crippen molar-refractivity contribution in [2.75, 3.05) is 25.1 Å². The van der Waals surface area contributed by atoms with Crippen molar-refractivity contribution < 1.29 is 4.74 Å². The van der Waals surface area contributed by atoms with E-state index in [1.165, 1.54) is 17.0 Å². The zero-order valence-electron chi connectivity index (χ0n) is 14.2. The van der Waals surface area contributed by atoms with Gasteiger partial charge in [-0.05, 0) is 33.3 Å². The Morgan fingerprint density at radius 2 is 2.17 bits per heavy atom. The first-order valence-corrected chi connectivity index (χ1v) is 9.83. The molecule has 0 aliphatic carbocycles.